The molecule has 0 fully saturated rings. The number of alkyl halides is 6. The van der Waals surface area contributed by atoms with E-state index in [-0.39, 0.29) is 10.8 Å². The standard InChI is InChI=1S/C12H6F6O4S/c13-11(14,15)21-8-5-4-7-2-1-3-10(9(7)6-8)22-23(19,20)12(16,17)18/h1-6H. The minimum atomic E-state index is -5.95. The Labute approximate surface area is 125 Å². The van der Waals surface area contributed by atoms with Crippen LogP contribution in [0.5, 0.6) is 11.5 Å². The summed E-state index contributed by atoms with van der Waals surface area (Å²) in [5.41, 5.74) is -5.67. The Morgan fingerprint density at radius 1 is 0.913 bits per heavy atom. The van der Waals surface area contributed by atoms with Gasteiger partial charge in [-0.2, -0.15) is 21.6 Å². The Balaban J connectivity index is 2.50. The molecule has 0 saturated heterocycles. The molecule has 2 rings (SSSR count). The maximum Gasteiger partial charge on any atom is 0.573 e. The van der Waals surface area contributed by atoms with E-state index in [2.05, 4.69) is 8.92 Å². The van der Waals surface area contributed by atoms with Crippen molar-refractivity contribution in [1.82, 2.24) is 0 Å². The van der Waals surface area contributed by atoms with E-state index < -0.39 is 33.5 Å². The van der Waals surface area contributed by atoms with E-state index in [1.807, 2.05) is 0 Å². The summed E-state index contributed by atoms with van der Waals surface area (Å²) in [7, 11) is -5.95. The van der Waals surface area contributed by atoms with Crippen molar-refractivity contribution >= 4 is 20.9 Å². The first-order valence-corrected chi connectivity index (χ1v) is 7.09. The first kappa shape index (κ1) is 17.2. The van der Waals surface area contributed by atoms with Crippen LogP contribution >= 0.6 is 0 Å². The van der Waals surface area contributed by atoms with Gasteiger partial charge in [-0.25, -0.2) is 0 Å². The Morgan fingerprint density at radius 3 is 2.13 bits per heavy atom. The van der Waals surface area contributed by atoms with E-state index in [4.69, 9.17) is 0 Å². The summed E-state index contributed by atoms with van der Waals surface area (Å²) in [4.78, 5) is 0. The molecule has 0 aliphatic rings. The first-order chi connectivity index (χ1) is 10.4. The van der Waals surface area contributed by atoms with Crippen LogP contribution in [0.25, 0.3) is 10.8 Å². The molecule has 0 atom stereocenters. The van der Waals surface area contributed by atoms with Crippen LogP contribution in [-0.4, -0.2) is 20.3 Å². The van der Waals surface area contributed by atoms with Gasteiger partial charge in [-0.1, -0.05) is 18.2 Å². The summed E-state index contributed by atoms with van der Waals surface area (Å²) >= 11 is 0. The highest BCUT2D eigenvalue weighted by Gasteiger charge is 2.48. The monoisotopic (exact) mass is 360 g/mol. The third-order valence-electron chi connectivity index (χ3n) is 2.53. The van der Waals surface area contributed by atoms with Crippen molar-refractivity contribution in [2.24, 2.45) is 0 Å². The van der Waals surface area contributed by atoms with Gasteiger partial charge in [-0.15, -0.1) is 13.2 Å². The highest BCUT2D eigenvalue weighted by molar-refractivity contribution is 7.88. The molecule has 0 aliphatic heterocycles. The van der Waals surface area contributed by atoms with E-state index in [1.54, 1.807) is 0 Å². The van der Waals surface area contributed by atoms with Gasteiger partial charge in [0.1, 0.15) is 5.75 Å². The Hall–Kier alpha value is -2.17. The van der Waals surface area contributed by atoms with Gasteiger partial charge in [0.2, 0.25) is 0 Å². The van der Waals surface area contributed by atoms with E-state index in [0.717, 1.165) is 24.3 Å². The Kier molecular flexibility index (Phi) is 4.09. The SMILES string of the molecule is O=S(=O)(Oc1cccc2ccc(OC(F)(F)F)cc12)C(F)(F)F. The number of benzene rings is 2. The minimum absolute atomic E-state index is 0.161. The van der Waals surface area contributed by atoms with Crippen molar-refractivity contribution in [2.45, 2.75) is 11.9 Å². The van der Waals surface area contributed by atoms with E-state index in [9.17, 15) is 34.8 Å². The first-order valence-electron chi connectivity index (χ1n) is 5.68. The van der Waals surface area contributed by atoms with Crippen LogP contribution in [0, 0.1) is 0 Å². The summed E-state index contributed by atoms with van der Waals surface area (Å²) in [5, 5.41) is -0.128. The molecular weight excluding hydrogens is 354 g/mol. The summed E-state index contributed by atoms with van der Waals surface area (Å²) in [5.74, 6) is -1.50. The van der Waals surface area contributed by atoms with E-state index in [1.165, 1.54) is 12.1 Å². The number of ether oxygens (including phenoxy) is 1. The predicted octanol–water partition coefficient (Wildman–Crippen LogP) is 3.97. The van der Waals surface area contributed by atoms with Crippen LogP contribution in [0.3, 0.4) is 0 Å². The fraction of sp³-hybridized carbons (Fsp3) is 0.167. The van der Waals surface area contributed by atoms with Gasteiger partial charge in [0, 0.05) is 5.39 Å². The molecule has 0 saturated carbocycles. The number of rotatable bonds is 3. The predicted molar refractivity (Wildman–Crippen MR) is 66.2 cm³/mol. The lowest BCUT2D eigenvalue weighted by Crippen LogP contribution is -2.28. The zero-order valence-electron chi connectivity index (χ0n) is 10.8. The second kappa shape index (κ2) is 5.48. The maximum atomic E-state index is 12.3. The number of hydrogen-bond acceptors (Lipinski definition) is 4. The fourth-order valence-electron chi connectivity index (χ4n) is 1.66. The van der Waals surface area contributed by atoms with Gasteiger partial charge in [0.05, 0.1) is 0 Å². The number of hydrogen-bond donors (Lipinski definition) is 0. The third kappa shape index (κ3) is 3.97. The molecular formula is C12H6F6O4S. The van der Waals surface area contributed by atoms with Crippen molar-refractivity contribution in [3.63, 3.8) is 0 Å². The summed E-state index contributed by atoms with van der Waals surface area (Å²) in [6, 6.07) is 6.18. The van der Waals surface area contributed by atoms with E-state index in [0.29, 0.717) is 0 Å². The molecule has 0 amide bonds. The number of fused-ring (bicyclic) bond motifs is 1. The highest BCUT2D eigenvalue weighted by atomic mass is 32.2. The van der Waals surface area contributed by atoms with Crippen molar-refractivity contribution < 1.29 is 43.7 Å². The average Bonchev–Trinajstić information content (AvgIpc) is 2.36. The molecule has 0 radical (unpaired) electrons. The largest absolute Gasteiger partial charge is 0.573 e. The molecule has 0 N–H and O–H groups in total. The normalized spacial score (nSPS) is 13.1. The van der Waals surface area contributed by atoms with Gasteiger partial charge in [0.15, 0.2) is 5.75 Å². The van der Waals surface area contributed by atoms with Crippen LogP contribution in [0.2, 0.25) is 0 Å². The second-order valence-electron chi connectivity index (χ2n) is 4.17. The van der Waals surface area contributed by atoms with Gasteiger partial charge in [0.25, 0.3) is 0 Å². The summed E-state index contributed by atoms with van der Waals surface area (Å²) < 4.78 is 103. The lowest BCUT2D eigenvalue weighted by Gasteiger charge is -2.13. The molecule has 11 heteroatoms. The molecule has 0 aromatic heterocycles. The quantitative estimate of drug-likeness (QED) is 0.472. The zero-order chi connectivity index (χ0) is 17.5. The molecule has 4 nitrogen and oxygen atoms in total. The topological polar surface area (TPSA) is 52.6 Å². The van der Waals surface area contributed by atoms with Gasteiger partial charge in [-0.05, 0) is 23.6 Å². The van der Waals surface area contributed by atoms with E-state index >= 15 is 0 Å². The van der Waals surface area contributed by atoms with Crippen LogP contribution in [0.1, 0.15) is 0 Å². The minimum Gasteiger partial charge on any atom is -0.406 e. The molecule has 0 aliphatic carbocycles. The lowest BCUT2D eigenvalue weighted by atomic mass is 10.1. The van der Waals surface area contributed by atoms with Crippen LogP contribution < -0.4 is 8.92 Å². The van der Waals surface area contributed by atoms with Crippen LogP contribution in [0.15, 0.2) is 36.4 Å². The van der Waals surface area contributed by atoms with Crippen molar-refractivity contribution in [2.75, 3.05) is 0 Å². The average molecular weight is 360 g/mol. The maximum absolute atomic E-state index is 12.3. The van der Waals surface area contributed by atoms with Gasteiger partial charge < -0.3 is 8.92 Å². The molecule has 0 heterocycles. The third-order valence-corrected chi connectivity index (χ3v) is 3.50. The van der Waals surface area contributed by atoms with Gasteiger partial charge in [-0.3, -0.25) is 0 Å². The smallest absolute Gasteiger partial charge is 0.406 e. The summed E-state index contributed by atoms with van der Waals surface area (Å²) in [6.07, 6.45) is -5.01. The molecule has 0 spiro atoms. The zero-order valence-corrected chi connectivity index (χ0v) is 11.6. The molecule has 2 aromatic rings. The molecule has 126 valence electrons. The van der Waals surface area contributed by atoms with Crippen LogP contribution in [-0.2, 0) is 10.1 Å². The van der Waals surface area contributed by atoms with Crippen molar-refractivity contribution in [3.05, 3.63) is 36.4 Å². The summed E-state index contributed by atoms with van der Waals surface area (Å²) in [6.45, 7) is 0. The molecule has 2 aromatic carbocycles. The lowest BCUT2D eigenvalue weighted by molar-refractivity contribution is -0.274. The molecule has 0 bridgehead atoms. The number of halogens is 6. The Bertz CT molecular complexity index is 826. The van der Waals surface area contributed by atoms with Crippen molar-refractivity contribution in [3.8, 4) is 11.5 Å². The Morgan fingerprint density at radius 2 is 1.57 bits per heavy atom. The molecule has 0 unspecified atom stereocenters. The van der Waals surface area contributed by atoms with Crippen molar-refractivity contribution in [1.29, 1.82) is 0 Å². The molecule has 23 heavy (non-hydrogen) atoms. The highest BCUT2D eigenvalue weighted by Crippen LogP contribution is 2.34. The second-order valence-corrected chi connectivity index (χ2v) is 5.71. The fourth-order valence-corrected chi connectivity index (χ4v) is 2.13. The van der Waals surface area contributed by atoms with Gasteiger partial charge >= 0.3 is 22.0 Å². The van der Waals surface area contributed by atoms with Crippen LogP contribution in [0.4, 0.5) is 26.3 Å².